The van der Waals surface area contributed by atoms with Crippen LogP contribution in [0.2, 0.25) is 0 Å². The van der Waals surface area contributed by atoms with Gasteiger partial charge in [-0.15, -0.1) is 12.4 Å². The fourth-order valence-electron chi connectivity index (χ4n) is 2.65. The third-order valence-electron chi connectivity index (χ3n) is 3.81. The van der Waals surface area contributed by atoms with Crippen molar-refractivity contribution < 1.29 is 9.47 Å². The average molecular weight is 248 g/mol. The smallest absolute Gasteiger partial charge is 0.0813 e. The number of hydrogen-bond donors (Lipinski definition) is 1. The maximum atomic E-state index is 6.03. The molecule has 3 aliphatic rings. The molecule has 3 rings (SSSR count). The minimum Gasteiger partial charge on any atom is -0.378 e. The van der Waals surface area contributed by atoms with Crippen molar-refractivity contribution in [3.63, 3.8) is 0 Å². The van der Waals surface area contributed by atoms with E-state index in [1.165, 1.54) is 32.1 Å². The number of halogens is 1. The summed E-state index contributed by atoms with van der Waals surface area (Å²) in [7, 11) is 0. The highest BCUT2D eigenvalue weighted by molar-refractivity contribution is 5.85. The van der Waals surface area contributed by atoms with Gasteiger partial charge in [-0.2, -0.15) is 0 Å². The molecule has 16 heavy (non-hydrogen) atoms. The molecule has 94 valence electrons. The Morgan fingerprint density at radius 3 is 2.75 bits per heavy atom. The lowest BCUT2D eigenvalue weighted by Gasteiger charge is -2.32. The molecule has 0 bridgehead atoms. The van der Waals surface area contributed by atoms with Crippen molar-refractivity contribution >= 4 is 12.4 Å². The van der Waals surface area contributed by atoms with Crippen molar-refractivity contribution in [2.24, 2.45) is 5.92 Å². The molecule has 1 aliphatic carbocycles. The van der Waals surface area contributed by atoms with E-state index >= 15 is 0 Å². The molecular weight excluding hydrogens is 226 g/mol. The van der Waals surface area contributed by atoms with Crippen LogP contribution in [0.4, 0.5) is 0 Å². The predicted octanol–water partition coefficient (Wildman–Crippen LogP) is 1.74. The lowest BCUT2D eigenvalue weighted by atomic mass is 10.0. The van der Waals surface area contributed by atoms with E-state index < -0.39 is 0 Å². The highest BCUT2D eigenvalue weighted by atomic mass is 35.5. The lowest BCUT2D eigenvalue weighted by Crippen LogP contribution is -2.41. The molecule has 2 aliphatic heterocycles. The largest absolute Gasteiger partial charge is 0.378 e. The van der Waals surface area contributed by atoms with E-state index in [2.05, 4.69) is 5.32 Å². The molecule has 0 spiro atoms. The molecule has 0 amide bonds. The zero-order chi connectivity index (χ0) is 10.1. The Kier molecular flexibility index (Phi) is 4.48. The van der Waals surface area contributed by atoms with E-state index in [0.717, 1.165) is 25.7 Å². The van der Waals surface area contributed by atoms with Crippen LogP contribution >= 0.6 is 12.4 Å². The zero-order valence-electron chi connectivity index (χ0n) is 9.69. The molecule has 0 unspecified atom stereocenters. The quantitative estimate of drug-likeness (QED) is 0.821. The van der Waals surface area contributed by atoms with Crippen LogP contribution in [0.1, 0.15) is 32.1 Å². The van der Waals surface area contributed by atoms with Crippen molar-refractivity contribution in [3.8, 4) is 0 Å². The second-order valence-corrected chi connectivity index (χ2v) is 5.20. The highest BCUT2D eigenvalue weighted by Crippen LogP contribution is 2.29. The summed E-state index contributed by atoms with van der Waals surface area (Å²) in [6.07, 6.45) is 7.20. The van der Waals surface area contributed by atoms with Crippen LogP contribution in [0.5, 0.6) is 0 Å². The molecule has 2 heterocycles. The van der Waals surface area contributed by atoms with Gasteiger partial charge in [0.05, 0.1) is 18.8 Å². The van der Waals surface area contributed by atoms with Crippen LogP contribution in [0.3, 0.4) is 0 Å². The number of rotatable bonds is 4. The topological polar surface area (TPSA) is 30.5 Å². The summed E-state index contributed by atoms with van der Waals surface area (Å²) in [5.74, 6) is 0.870. The second-order valence-electron chi connectivity index (χ2n) is 5.20. The normalized spacial score (nSPS) is 37.9. The average Bonchev–Trinajstić information content (AvgIpc) is 2.95. The summed E-state index contributed by atoms with van der Waals surface area (Å²) in [6.45, 7) is 2.91. The summed E-state index contributed by atoms with van der Waals surface area (Å²) in [6, 6.07) is 0.629. The summed E-state index contributed by atoms with van der Waals surface area (Å²) in [4.78, 5) is 0. The Bertz CT molecular complexity index is 223. The molecule has 0 radical (unpaired) electrons. The van der Waals surface area contributed by atoms with Crippen molar-refractivity contribution in [2.75, 3.05) is 19.8 Å². The molecule has 0 aromatic heterocycles. The first-order valence-corrected chi connectivity index (χ1v) is 6.38. The maximum absolute atomic E-state index is 6.03. The van der Waals surface area contributed by atoms with Gasteiger partial charge in [0.25, 0.3) is 0 Å². The van der Waals surface area contributed by atoms with E-state index in [1.54, 1.807) is 0 Å². The van der Waals surface area contributed by atoms with Crippen LogP contribution in [-0.4, -0.2) is 38.0 Å². The van der Waals surface area contributed by atoms with Gasteiger partial charge >= 0.3 is 0 Å². The first-order chi connectivity index (χ1) is 7.42. The fraction of sp³-hybridized carbons (Fsp3) is 1.00. The Labute approximate surface area is 104 Å². The van der Waals surface area contributed by atoms with Crippen LogP contribution in [0.15, 0.2) is 0 Å². The molecular formula is C12H22ClNO2. The minimum absolute atomic E-state index is 0. The van der Waals surface area contributed by atoms with Gasteiger partial charge < -0.3 is 14.8 Å². The summed E-state index contributed by atoms with van der Waals surface area (Å²) >= 11 is 0. The van der Waals surface area contributed by atoms with Gasteiger partial charge in [-0.1, -0.05) is 0 Å². The monoisotopic (exact) mass is 247 g/mol. The van der Waals surface area contributed by atoms with Crippen LogP contribution < -0.4 is 5.32 Å². The van der Waals surface area contributed by atoms with Gasteiger partial charge in [-0.3, -0.25) is 0 Å². The van der Waals surface area contributed by atoms with Crippen molar-refractivity contribution in [1.29, 1.82) is 0 Å². The Balaban J connectivity index is 0.000000963. The number of nitrogens with one attached hydrogen (secondary N) is 1. The Hall–Kier alpha value is 0.170. The molecule has 0 aromatic carbocycles. The van der Waals surface area contributed by atoms with Crippen molar-refractivity contribution in [3.05, 3.63) is 0 Å². The summed E-state index contributed by atoms with van der Waals surface area (Å²) < 4.78 is 11.7. The summed E-state index contributed by atoms with van der Waals surface area (Å²) in [5, 5.41) is 3.50. The molecule has 3 atom stereocenters. The molecule has 3 fully saturated rings. The third-order valence-corrected chi connectivity index (χ3v) is 3.81. The van der Waals surface area contributed by atoms with Gasteiger partial charge in [0.1, 0.15) is 0 Å². The fourth-order valence-corrected chi connectivity index (χ4v) is 2.65. The molecule has 0 aromatic rings. The molecule has 4 heteroatoms. The predicted molar refractivity (Wildman–Crippen MR) is 65.1 cm³/mol. The van der Waals surface area contributed by atoms with Crippen LogP contribution in [0, 0.1) is 5.92 Å². The van der Waals surface area contributed by atoms with Gasteiger partial charge in [-0.25, -0.2) is 0 Å². The Morgan fingerprint density at radius 1 is 1.06 bits per heavy atom. The van der Waals surface area contributed by atoms with E-state index in [9.17, 15) is 0 Å². The first kappa shape index (κ1) is 12.6. The summed E-state index contributed by atoms with van der Waals surface area (Å²) in [5.41, 5.74) is 0. The SMILES string of the molecule is C1C[C@H]2O[C@H](COCC3CC3)CC[C@H]2N1.Cl. The number of hydrogen-bond acceptors (Lipinski definition) is 3. The maximum Gasteiger partial charge on any atom is 0.0813 e. The molecule has 3 nitrogen and oxygen atoms in total. The highest BCUT2D eigenvalue weighted by Gasteiger charge is 2.34. The van der Waals surface area contributed by atoms with Gasteiger partial charge in [0.2, 0.25) is 0 Å². The number of ether oxygens (including phenoxy) is 2. The van der Waals surface area contributed by atoms with E-state index in [-0.39, 0.29) is 12.4 Å². The van der Waals surface area contributed by atoms with Crippen LogP contribution in [0.25, 0.3) is 0 Å². The van der Waals surface area contributed by atoms with E-state index in [1.807, 2.05) is 0 Å². The van der Waals surface area contributed by atoms with Crippen LogP contribution in [-0.2, 0) is 9.47 Å². The third kappa shape index (κ3) is 3.10. The second kappa shape index (κ2) is 5.67. The van der Waals surface area contributed by atoms with Gasteiger partial charge in [-0.05, 0) is 44.6 Å². The van der Waals surface area contributed by atoms with Crippen molar-refractivity contribution in [2.45, 2.75) is 50.4 Å². The number of fused-ring (bicyclic) bond motifs is 1. The van der Waals surface area contributed by atoms with E-state index in [0.29, 0.717) is 18.2 Å². The molecule has 1 saturated carbocycles. The van der Waals surface area contributed by atoms with E-state index in [4.69, 9.17) is 9.47 Å². The van der Waals surface area contributed by atoms with Crippen molar-refractivity contribution in [1.82, 2.24) is 5.32 Å². The van der Waals surface area contributed by atoms with Gasteiger partial charge in [0.15, 0.2) is 0 Å². The zero-order valence-corrected chi connectivity index (χ0v) is 10.5. The Morgan fingerprint density at radius 2 is 1.94 bits per heavy atom. The lowest BCUT2D eigenvalue weighted by molar-refractivity contribution is -0.0892. The first-order valence-electron chi connectivity index (χ1n) is 6.38. The van der Waals surface area contributed by atoms with Gasteiger partial charge in [0, 0.05) is 12.6 Å². The molecule has 1 N–H and O–H groups in total. The standard InChI is InChI=1S/C12H21NO2.ClH/c1-2-9(1)7-14-8-10-3-4-11-12(15-10)5-6-13-11;/h9-13H,1-8H2;1H/t10-,11+,12+;/m0./s1. The minimum atomic E-state index is 0. The molecule has 2 saturated heterocycles.